The van der Waals surface area contributed by atoms with Crippen molar-refractivity contribution in [1.29, 1.82) is 0 Å². The van der Waals surface area contributed by atoms with Gasteiger partial charge in [0.1, 0.15) is 11.6 Å². The van der Waals surface area contributed by atoms with Gasteiger partial charge in [-0.05, 0) is 111 Å². The number of benzene rings is 8. The van der Waals surface area contributed by atoms with Crippen molar-refractivity contribution in [2.24, 2.45) is 0 Å². The molecule has 8 aromatic carbocycles. The molecule has 0 spiro atoms. The predicted molar refractivity (Wildman–Crippen MR) is 284 cm³/mol. The molecule has 0 aliphatic rings. The van der Waals surface area contributed by atoms with Gasteiger partial charge in [-0.2, -0.15) is 0 Å². The molecular formula is C64H56N3OPt-. The van der Waals surface area contributed by atoms with Crippen LogP contribution in [0.5, 0.6) is 5.75 Å². The molecule has 2 heterocycles. The van der Waals surface area contributed by atoms with Crippen LogP contribution in [0, 0.1) is 19.8 Å². The molecule has 0 amide bonds. The van der Waals surface area contributed by atoms with E-state index in [1.54, 1.807) is 30.3 Å². The summed E-state index contributed by atoms with van der Waals surface area (Å²) in [6.45, 7) is 6.94. The summed E-state index contributed by atoms with van der Waals surface area (Å²) in [4.78, 5) is 10.4. The first-order valence-corrected chi connectivity index (χ1v) is 23.0. The number of imidazole rings is 1. The van der Waals surface area contributed by atoms with Crippen molar-refractivity contribution in [2.75, 3.05) is 0 Å². The minimum atomic E-state index is -2.82. The summed E-state index contributed by atoms with van der Waals surface area (Å²) in [5.41, 5.74) is 12.3. The third-order valence-corrected chi connectivity index (χ3v) is 12.8. The number of pyridine rings is 1. The molecule has 0 radical (unpaired) electrons. The third-order valence-electron chi connectivity index (χ3n) is 12.8. The van der Waals surface area contributed by atoms with Gasteiger partial charge in [0.2, 0.25) is 0 Å². The Kier molecular flexibility index (Phi) is 10.8. The molecule has 344 valence electrons. The number of hydrogen-bond donors (Lipinski definition) is 1. The van der Waals surface area contributed by atoms with Gasteiger partial charge in [0.15, 0.2) is 0 Å². The minimum Gasteiger partial charge on any atom is -0.507 e. The fourth-order valence-electron chi connectivity index (χ4n) is 9.06. The number of aromatic nitrogens is 3. The van der Waals surface area contributed by atoms with Crippen LogP contribution in [0.4, 0.5) is 0 Å². The molecule has 2 aromatic heterocycles. The Bertz CT molecular complexity index is 3710. The molecule has 1 N–H and O–H groups in total. The normalized spacial score (nSPS) is 13.4. The standard InChI is InChI=1S/C64H56N3O.Pt/c1-41-33-53(40-55(42(41)2)47-23-16-11-17-24-47)67-59-26-18-25-54(60(59)66-62(67)56-38-52(63(3,4)5)39-57(61(56)68)64(6,7)8)50-34-49(44-21-14-10-15-22-44)35-51(36-50)58-37-48(31-32-65-58)46-29-27-45(28-30-46)43-19-12-9-13-20-43;/h9-35,37-40,68H,1-8H3;/q-1;/i1D3,2D3;. The number of phenols is 1. The molecule has 0 fully saturated rings. The van der Waals surface area contributed by atoms with Crippen LogP contribution in [0.2, 0.25) is 0 Å². The average Bonchev–Trinajstić information content (AvgIpc) is 3.77. The number of fused-ring (bicyclic) bond motifs is 1. The molecule has 10 aromatic rings. The number of nitrogens with zero attached hydrogens (tertiary/aromatic N) is 3. The first-order chi connectivity index (χ1) is 35.1. The first-order valence-electron chi connectivity index (χ1n) is 26.0. The molecule has 0 unspecified atom stereocenters. The van der Waals surface area contributed by atoms with Crippen molar-refractivity contribution in [3.05, 3.63) is 217 Å². The maximum atomic E-state index is 12.6. The second kappa shape index (κ2) is 18.7. The summed E-state index contributed by atoms with van der Waals surface area (Å²) < 4.78 is 54.5. The SMILES string of the molecule is [2H]C([2H])([2H])c1cc(-n2c(-c3cc(C(C)(C)C)cc(C(C)(C)C)c3O)nc3c(-c4[c-]c(-c5cc(-c6ccc(-c7ccccc7)cc6)ccn5)cc(-c5ccccc5)c4)cccc32)cc(-c2ccccc2)c1C([2H])([2H])[2H].[Pt]. The van der Waals surface area contributed by atoms with E-state index in [0.717, 1.165) is 66.9 Å². The molecule has 0 bridgehead atoms. The van der Waals surface area contributed by atoms with E-state index >= 15 is 0 Å². The first kappa shape index (κ1) is 39.8. The van der Waals surface area contributed by atoms with Crippen molar-refractivity contribution in [2.45, 2.75) is 66.1 Å². The summed E-state index contributed by atoms with van der Waals surface area (Å²) in [5, 5.41) is 12.6. The number of rotatable bonds is 8. The minimum absolute atomic E-state index is 0. The van der Waals surface area contributed by atoms with E-state index in [1.807, 2.05) is 83.6 Å². The van der Waals surface area contributed by atoms with Crippen LogP contribution in [0.3, 0.4) is 0 Å². The van der Waals surface area contributed by atoms with E-state index < -0.39 is 19.1 Å². The van der Waals surface area contributed by atoms with E-state index in [-0.39, 0.29) is 48.9 Å². The van der Waals surface area contributed by atoms with Gasteiger partial charge in [0, 0.05) is 52.4 Å². The van der Waals surface area contributed by atoms with Gasteiger partial charge in [-0.1, -0.05) is 198 Å². The van der Waals surface area contributed by atoms with Crippen LogP contribution in [0.15, 0.2) is 188 Å². The van der Waals surface area contributed by atoms with Crippen molar-refractivity contribution >= 4 is 11.0 Å². The number of hydrogen-bond acceptors (Lipinski definition) is 3. The second-order valence-electron chi connectivity index (χ2n) is 19.6. The van der Waals surface area contributed by atoms with Gasteiger partial charge in [-0.3, -0.25) is 9.55 Å². The molecule has 0 saturated heterocycles. The van der Waals surface area contributed by atoms with Gasteiger partial charge >= 0.3 is 0 Å². The van der Waals surface area contributed by atoms with E-state index in [0.29, 0.717) is 33.7 Å². The van der Waals surface area contributed by atoms with Crippen molar-refractivity contribution in [1.82, 2.24) is 14.5 Å². The number of phenolic OH excluding ortho intramolecular Hbond substituents is 1. The molecule has 4 nitrogen and oxygen atoms in total. The Labute approximate surface area is 430 Å². The zero-order valence-corrected chi connectivity index (χ0v) is 41.8. The van der Waals surface area contributed by atoms with Crippen molar-refractivity contribution < 1.29 is 34.4 Å². The second-order valence-corrected chi connectivity index (χ2v) is 19.6. The summed E-state index contributed by atoms with van der Waals surface area (Å²) >= 11 is 0. The topological polar surface area (TPSA) is 50.9 Å². The molecule has 5 heteroatoms. The summed E-state index contributed by atoms with van der Waals surface area (Å²) in [5.74, 6) is 0.397. The molecule has 0 saturated carbocycles. The van der Waals surface area contributed by atoms with Gasteiger partial charge in [0.05, 0.1) is 16.6 Å². The average molecular weight is 1080 g/mol. The van der Waals surface area contributed by atoms with Gasteiger partial charge in [-0.15, -0.1) is 23.8 Å². The number of aromatic hydroxyl groups is 1. The van der Waals surface area contributed by atoms with Crippen molar-refractivity contribution in [3.8, 4) is 89.7 Å². The molecule has 0 atom stereocenters. The van der Waals surface area contributed by atoms with E-state index in [1.165, 1.54) is 6.07 Å². The van der Waals surface area contributed by atoms with Gasteiger partial charge in [-0.25, -0.2) is 4.98 Å². The number of para-hydroxylation sites is 1. The largest absolute Gasteiger partial charge is 0.507 e. The fraction of sp³-hybridized carbons (Fsp3) is 0.156. The summed E-state index contributed by atoms with van der Waals surface area (Å²) in [7, 11) is 0. The maximum absolute atomic E-state index is 12.6. The maximum Gasteiger partial charge on any atom is 0.148 e. The van der Waals surface area contributed by atoms with E-state index in [9.17, 15) is 5.11 Å². The Morgan fingerprint density at radius 2 is 1.13 bits per heavy atom. The smallest absolute Gasteiger partial charge is 0.148 e. The predicted octanol–water partition coefficient (Wildman–Crippen LogP) is 16.8. The fourth-order valence-corrected chi connectivity index (χ4v) is 9.06. The van der Waals surface area contributed by atoms with Crippen LogP contribution < -0.4 is 0 Å². The zero-order chi connectivity index (χ0) is 52.3. The third kappa shape index (κ3) is 9.27. The van der Waals surface area contributed by atoms with Crippen LogP contribution in [0.1, 0.15) is 72.0 Å². The van der Waals surface area contributed by atoms with Crippen LogP contribution in [-0.4, -0.2) is 19.6 Å². The summed E-state index contributed by atoms with van der Waals surface area (Å²) in [6, 6.07) is 63.1. The van der Waals surface area contributed by atoms with Gasteiger partial charge in [0.25, 0.3) is 0 Å². The van der Waals surface area contributed by atoms with Gasteiger partial charge < -0.3 is 5.11 Å². The van der Waals surface area contributed by atoms with Crippen molar-refractivity contribution in [3.63, 3.8) is 0 Å². The molecule has 10 rings (SSSR count). The Morgan fingerprint density at radius 1 is 0.522 bits per heavy atom. The molecular weight excluding hydrogens is 1020 g/mol. The van der Waals surface area contributed by atoms with Crippen LogP contribution in [-0.2, 0) is 31.9 Å². The van der Waals surface area contributed by atoms with E-state index in [2.05, 4.69) is 120 Å². The Balaban J connectivity index is 0.00000689. The number of aryl methyl sites for hydroxylation is 1. The Hall–Kier alpha value is -7.13. The molecule has 0 aliphatic carbocycles. The quantitative estimate of drug-likeness (QED) is 0.154. The monoisotopic (exact) mass is 1080 g/mol. The van der Waals surface area contributed by atoms with E-state index in [4.69, 9.17) is 18.2 Å². The Morgan fingerprint density at radius 3 is 1.75 bits per heavy atom. The zero-order valence-electron chi connectivity index (χ0n) is 45.5. The van der Waals surface area contributed by atoms with Crippen LogP contribution in [0.25, 0.3) is 95.0 Å². The molecule has 69 heavy (non-hydrogen) atoms. The summed E-state index contributed by atoms with van der Waals surface area (Å²) in [6.07, 6.45) is 1.83. The molecule has 0 aliphatic heterocycles. The van der Waals surface area contributed by atoms with Crippen LogP contribution >= 0.6 is 0 Å².